The average Bonchev–Trinajstić information content (AvgIpc) is 2.65. The van der Waals surface area contributed by atoms with Crippen molar-refractivity contribution in [1.82, 2.24) is 4.98 Å². The molecule has 3 rings (SSSR count). The van der Waals surface area contributed by atoms with Crippen LogP contribution < -0.4 is 4.90 Å². The molecule has 8 heteroatoms. The highest BCUT2D eigenvalue weighted by molar-refractivity contribution is 5.62. The van der Waals surface area contributed by atoms with Crippen molar-refractivity contribution in [3.05, 3.63) is 69.9 Å². The van der Waals surface area contributed by atoms with Crippen LogP contribution in [0.2, 0.25) is 0 Å². The van der Waals surface area contributed by atoms with Crippen LogP contribution >= 0.6 is 0 Å². The third-order valence-corrected chi connectivity index (χ3v) is 4.63. The van der Waals surface area contributed by atoms with E-state index in [9.17, 15) is 18.9 Å². The smallest absolute Gasteiger partial charge is 0.311 e. The summed E-state index contributed by atoms with van der Waals surface area (Å²) in [6, 6.07) is 11.5. The molecule has 1 aliphatic rings. The number of nitrogens with zero attached hydrogens (tertiary/aromatic N) is 3. The lowest BCUT2D eigenvalue weighted by Crippen LogP contribution is -2.51. The zero-order chi connectivity index (χ0) is 20.1. The molecular weight excluding hydrogens is 368 g/mol. The number of benzene rings is 1. The van der Waals surface area contributed by atoms with Gasteiger partial charge in [-0.15, -0.1) is 0 Å². The number of nitro groups is 1. The van der Waals surface area contributed by atoms with Crippen molar-refractivity contribution in [2.24, 2.45) is 0 Å². The van der Waals surface area contributed by atoms with Crippen molar-refractivity contribution in [2.75, 3.05) is 11.5 Å². The van der Waals surface area contributed by atoms with Crippen LogP contribution in [-0.4, -0.2) is 33.6 Å². The molecule has 0 saturated heterocycles. The van der Waals surface area contributed by atoms with Crippen molar-refractivity contribution in [1.29, 1.82) is 0 Å². The number of anilines is 1. The number of pyridine rings is 1. The maximum absolute atomic E-state index is 13.5. The first kappa shape index (κ1) is 19.9. The van der Waals surface area contributed by atoms with E-state index in [1.165, 1.54) is 12.1 Å². The van der Waals surface area contributed by atoms with E-state index in [-0.39, 0.29) is 37.5 Å². The maximum atomic E-state index is 13.5. The normalized spacial score (nSPS) is 16.1. The van der Waals surface area contributed by atoms with Crippen LogP contribution in [0.15, 0.2) is 48.5 Å². The molecule has 0 aliphatic heterocycles. The Balaban J connectivity index is 1.99. The number of halogens is 2. The number of hydrogen-bond donors (Lipinski definition) is 1. The first-order valence-corrected chi connectivity index (χ1v) is 9.01. The summed E-state index contributed by atoms with van der Waals surface area (Å²) < 4.78 is 27.1. The Morgan fingerprint density at radius 2 is 1.96 bits per heavy atom. The van der Waals surface area contributed by atoms with Gasteiger partial charge in [-0.2, -0.15) is 0 Å². The van der Waals surface area contributed by atoms with Crippen LogP contribution in [0.25, 0.3) is 6.08 Å². The number of aliphatic hydroxyl groups excluding tert-OH is 1. The predicted octanol–water partition coefficient (Wildman–Crippen LogP) is 4.19. The first-order valence-electron chi connectivity index (χ1n) is 9.01. The molecule has 1 heterocycles. The fraction of sp³-hybridized carbons (Fsp3) is 0.350. The Morgan fingerprint density at radius 1 is 1.25 bits per heavy atom. The average molecular weight is 389 g/mol. The molecule has 0 amide bonds. The molecule has 2 aromatic rings. The highest BCUT2D eigenvalue weighted by atomic mass is 19.3. The quantitative estimate of drug-likeness (QED) is 0.541. The summed E-state index contributed by atoms with van der Waals surface area (Å²) in [5, 5.41) is 20.4. The van der Waals surface area contributed by atoms with Crippen molar-refractivity contribution in [3.63, 3.8) is 0 Å². The van der Waals surface area contributed by atoms with E-state index in [0.717, 1.165) is 5.56 Å². The third kappa shape index (κ3) is 4.69. The van der Waals surface area contributed by atoms with Crippen LogP contribution in [0.1, 0.15) is 30.5 Å². The minimum atomic E-state index is -2.76. The van der Waals surface area contributed by atoms with E-state index in [1.807, 2.05) is 30.3 Å². The first-order chi connectivity index (χ1) is 13.4. The number of hydrogen-bond acceptors (Lipinski definition) is 5. The lowest BCUT2D eigenvalue weighted by molar-refractivity contribution is -0.384. The SMILES string of the molecule is O=[N+]([O-])c1ccc(C=CCCO)nc1N(Cc1ccccc1)C1CC(F)(F)C1. The van der Waals surface area contributed by atoms with Crippen LogP contribution in [0.3, 0.4) is 0 Å². The van der Waals surface area contributed by atoms with Gasteiger partial charge in [-0.1, -0.05) is 36.4 Å². The maximum Gasteiger partial charge on any atom is 0.311 e. The Kier molecular flexibility index (Phi) is 5.99. The molecule has 1 saturated carbocycles. The van der Waals surface area contributed by atoms with Gasteiger partial charge >= 0.3 is 5.69 Å². The van der Waals surface area contributed by atoms with Gasteiger partial charge in [0.15, 0.2) is 0 Å². The molecule has 0 unspecified atom stereocenters. The summed E-state index contributed by atoms with van der Waals surface area (Å²) in [4.78, 5) is 17.0. The molecule has 0 radical (unpaired) electrons. The minimum absolute atomic E-state index is 0.0202. The molecule has 0 atom stereocenters. The number of rotatable bonds is 8. The summed E-state index contributed by atoms with van der Waals surface area (Å²) in [5.74, 6) is -2.67. The van der Waals surface area contributed by atoms with Gasteiger partial charge in [0, 0.05) is 38.1 Å². The van der Waals surface area contributed by atoms with Crippen molar-refractivity contribution < 1.29 is 18.8 Å². The monoisotopic (exact) mass is 389 g/mol. The zero-order valence-electron chi connectivity index (χ0n) is 15.2. The van der Waals surface area contributed by atoms with E-state index in [4.69, 9.17) is 5.11 Å². The standard InChI is InChI=1S/C20H21F2N3O3/c21-20(22)12-17(13-20)24(14-15-6-2-1-3-7-15)19-18(25(27)28)10-9-16(23-19)8-4-5-11-26/h1-4,6-10,17,26H,5,11-14H2. The Bertz CT molecular complexity index is 851. The fourth-order valence-electron chi connectivity index (χ4n) is 3.19. The van der Waals surface area contributed by atoms with Crippen LogP contribution in [-0.2, 0) is 6.54 Å². The van der Waals surface area contributed by atoms with Crippen molar-refractivity contribution in [2.45, 2.75) is 37.8 Å². The van der Waals surface area contributed by atoms with E-state index >= 15 is 0 Å². The van der Waals surface area contributed by atoms with Gasteiger partial charge in [0.25, 0.3) is 5.92 Å². The minimum Gasteiger partial charge on any atom is -0.396 e. The summed E-state index contributed by atoms with van der Waals surface area (Å²) in [6.45, 7) is 0.229. The second-order valence-corrected chi connectivity index (χ2v) is 6.78. The Hall–Kier alpha value is -2.87. The molecule has 148 valence electrons. The van der Waals surface area contributed by atoms with Crippen LogP contribution in [0, 0.1) is 10.1 Å². The molecule has 1 aliphatic carbocycles. The summed E-state index contributed by atoms with van der Waals surface area (Å²) in [7, 11) is 0. The van der Waals surface area contributed by atoms with Gasteiger partial charge in [0.1, 0.15) is 0 Å². The van der Waals surface area contributed by atoms with E-state index < -0.39 is 16.9 Å². The molecule has 0 bridgehead atoms. The topological polar surface area (TPSA) is 79.5 Å². The number of alkyl halides is 2. The Labute approximate surface area is 161 Å². The highest BCUT2D eigenvalue weighted by Gasteiger charge is 2.49. The van der Waals surface area contributed by atoms with Gasteiger partial charge < -0.3 is 10.0 Å². The summed E-state index contributed by atoms with van der Waals surface area (Å²) in [5.41, 5.74) is 1.11. The predicted molar refractivity (Wildman–Crippen MR) is 102 cm³/mol. The molecule has 0 spiro atoms. The van der Waals surface area contributed by atoms with Crippen LogP contribution in [0.5, 0.6) is 0 Å². The summed E-state index contributed by atoms with van der Waals surface area (Å²) in [6.07, 6.45) is 3.07. The second-order valence-electron chi connectivity index (χ2n) is 6.78. The fourth-order valence-corrected chi connectivity index (χ4v) is 3.19. The molecule has 1 aromatic carbocycles. The molecule has 6 nitrogen and oxygen atoms in total. The lowest BCUT2D eigenvalue weighted by Gasteiger charge is -2.43. The van der Waals surface area contributed by atoms with Crippen LogP contribution in [0.4, 0.5) is 20.3 Å². The summed E-state index contributed by atoms with van der Waals surface area (Å²) >= 11 is 0. The van der Waals surface area contributed by atoms with Gasteiger partial charge in [-0.25, -0.2) is 13.8 Å². The zero-order valence-corrected chi connectivity index (χ0v) is 15.2. The third-order valence-electron chi connectivity index (χ3n) is 4.63. The van der Waals surface area contributed by atoms with Gasteiger partial charge in [0.2, 0.25) is 5.82 Å². The molecule has 1 N–H and O–H groups in total. The lowest BCUT2D eigenvalue weighted by atomic mass is 9.86. The van der Waals surface area contributed by atoms with E-state index in [0.29, 0.717) is 12.1 Å². The van der Waals surface area contributed by atoms with Crippen molar-refractivity contribution >= 4 is 17.6 Å². The molecule has 1 aromatic heterocycles. The van der Waals surface area contributed by atoms with E-state index in [1.54, 1.807) is 17.1 Å². The molecule has 28 heavy (non-hydrogen) atoms. The van der Waals surface area contributed by atoms with Crippen molar-refractivity contribution in [3.8, 4) is 0 Å². The molecule has 1 fully saturated rings. The van der Waals surface area contributed by atoms with Gasteiger partial charge in [0.05, 0.1) is 10.6 Å². The Morgan fingerprint density at radius 3 is 2.57 bits per heavy atom. The molecular formula is C20H21F2N3O3. The second kappa shape index (κ2) is 8.43. The largest absolute Gasteiger partial charge is 0.396 e. The van der Waals surface area contributed by atoms with E-state index in [2.05, 4.69) is 4.98 Å². The van der Waals surface area contributed by atoms with Gasteiger partial charge in [-0.05, 0) is 24.1 Å². The van der Waals surface area contributed by atoms with Gasteiger partial charge in [-0.3, -0.25) is 10.1 Å². The highest BCUT2D eigenvalue weighted by Crippen LogP contribution is 2.43. The number of aromatic nitrogens is 1. The number of aliphatic hydroxyl groups is 1.